The van der Waals surface area contributed by atoms with Gasteiger partial charge in [0.05, 0.1) is 10.9 Å². The van der Waals surface area contributed by atoms with Gasteiger partial charge in [0.2, 0.25) is 10.0 Å². The van der Waals surface area contributed by atoms with Gasteiger partial charge in [0.15, 0.2) is 0 Å². The third-order valence-corrected chi connectivity index (χ3v) is 6.97. The van der Waals surface area contributed by atoms with Gasteiger partial charge >= 0.3 is 0 Å². The Morgan fingerprint density at radius 3 is 2.42 bits per heavy atom. The van der Waals surface area contributed by atoms with E-state index < -0.39 is 10.0 Å². The van der Waals surface area contributed by atoms with Crippen LogP contribution in [0, 0.1) is 6.92 Å². The molecule has 0 aliphatic heterocycles. The van der Waals surface area contributed by atoms with Gasteiger partial charge < -0.3 is 10.2 Å². The minimum atomic E-state index is -3.58. The first kappa shape index (κ1) is 20.6. The zero-order chi connectivity index (χ0) is 19.5. The van der Waals surface area contributed by atoms with Crippen LogP contribution in [0.1, 0.15) is 26.8 Å². The van der Waals surface area contributed by atoms with E-state index in [4.69, 9.17) is 0 Å². The molecule has 0 saturated carbocycles. The highest BCUT2D eigenvalue weighted by Gasteiger charge is 2.21. The van der Waals surface area contributed by atoms with E-state index >= 15 is 0 Å². The molecule has 1 aromatic heterocycles. The number of rotatable bonds is 7. The number of carbonyl (C=O) groups excluding carboxylic acids is 1. The van der Waals surface area contributed by atoms with E-state index in [0.29, 0.717) is 12.1 Å². The third kappa shape index (κ3) is 4.50. The van der Waals surface area contributed by atoms with Crippen molar-refractivity contribution in [2.45, 2.75) is 17.9 Å². The molecule has 6 nitrogen and oxygen atoms in total. The first-order valence-corrected chi connectivity index (χ1v) is 10.5. The molecule has 2 rings (SSSR count). The van der Waals surface area contributed by atoms with Crippen LogP contribution in [0.15, 0.2) is 40.6 Å². The van der Waals surface area contributed by atoms with E-state index in [2.05, 4.69) is 5.32 Å². The summed E-state index contributed by atoms with van der Waals surface area (Å²) in [6, 6.07) is 8.71. The van der Waals surface area contributed by atoms with E-state index in [0.717, 1.165) is 14.7 Å². The monoisotopic (exact) mass is 395 g/mol. The van der Waals surface area contributed by atoms with E-state index in [1.54, 1.807) is 24.3 Å². The highest BCUT2D eigenvalue weighted by atomic mass is 32.2. The van der Waals surface area contributed by atoms with Crippen LogP contribution in [0.5, 0.6) is 0 Å². The number of aryl methyl sites for hydroxylation is 1. The number of nitrogens with zero attached hydrogens (tertiary/aromatic N) is 2. The van der Waals surface area contributed by atoms with Gasteiger partial charge in [0.1, 0.15) is 0 Å². The number of hydrogen-bond acceptors (Lipinski definition) is 5. The van der Waals surface area contributed by atoms with Gasteiger partial charge in [-0.25, -0.2) is 12.7 Å². The van der Waals surface area contributed by atoms with Crippen molar-refractivity contribution in [2.24, 2.45) is 0 Å². The summed E-state index contributed by atoms with van der Waals surface area (Å²) in [4.78, 5) is 16.0. The van der Waals surface area contributed by atoms with Crippen LogP contribution in [-0.4, -0.2) is 58.3 Å². The van der Waals surface area contributed by atoms with Crippen molar-refractivity contribution in [3.8, 4) is 0 Å². The number of sulfonamides is 1. The molecule has 1 unspecified atom stereocenters. The molecule has 0 radical (unpaired) electrons. The first-order chi connectivity index (χ1) is 12.1. The molecule has 1 N–H and O–H groups in total. The van der Waals surface area contributed by atoms with Crippen LogP contribution < -0.4 is 5.32 Å². The Bertz CT molecular complexity index is 860. The molecule has 0 aliphatic carbocycles. The zero-order valence-electron chi connectivity index (χ0n) is 15.7. The predicted molar refractivity (Wildman–Crippen MR) is 105 cm³/mol. The number of thiophene rings is 1. The Labute approximate surface area is 159 Å². The smallest absolute Gasteiger partial charge is 0.251 e. The van der Waals surface area contributed by atoms with Crippen molar-refractivity contribution in [2.75, 3.05) is 34.7 Å². The Morgan fingerprint density at radius 2 is 1.88 bits per heavy atom. The number of hydrogen-bond donors (Lipinski definition) is 1. The van der Waals surface area contributed by atoms with Gasteiger partial charge in [-0.15, -0.1) is 11.3 Å². The average Bonchev–Trinajstić information content (AvgIpc) is 3.08. The number of likely N-dealkylation sites (N-methyl/N-ethyl adjacent to an activating group) is 1. The third-order valence-electron chi connectivity index (χ3n) is 4.18. The number of amides is 1. The Kier molecular flexibility index (Phi) is 6.57. The number of benzene rings is 1. The van der Waals surface area contributed by atoms with Gasteiger partial charge in [-0.3, -0.25) is 4.79 Å². The summed E-state index contributed by atoms with van der Waals surface area (Å²) >= 11 is 1.64. The fourth-order valence-corrected chi connectivity index (χ4v) is 4.37. The molecule has 8 heteroatoms. The quantitative estimate of drug-likeness (QED) is 0.781. The van der Waals surface area contributed by atoms with Crippen molar-refractivity contribution in [3.63, 3.8) is 0 Å². The van der Waals surface area contributed by atoms with Crippen LogP contribution in [0.2, 0.25) is 0 Å². The lowest BCUT2D eigenvalue weighted by atomic mass is 10.1. The molecule has 1 aromatic carbocycles. The highest BCUT2D eigenvalue weighted by molar-refractivity contribution is 7.89. The van der Waals surface area contributed by atoms with Crippen molar-refractivity contribution in [1.29, 1.82) is 0 Å². The SMILES string of the molecule is Cc1ccc(S(=O)(=O)N(C)C)cc1C(=O)NCC(c1cccs1)N(C)C. The van der Waals surface area contributed by atoms with Crippen molar-refractivity contribution in [1.82, 2.24) is 14.5 Å². The van der Waals surface area contributed by atoms with Crippen molar-refractivity contribution >= 4 is 27.3 Å². The van der Waals surface area contributed by atoms with Crippen molar-refractivity contribution < 1.29 is 13.2 Å². The zero-order valence-corrected chi connectivity index (χ0v) is 17.3. The van der Waals surface area contributed by atoms with Gasteiger partial charge in [-0.05, 0) is 50.2 Å². The summed E-state index contributed by atoms with van der Waals surface area (Å²) in [6.07, 6.45) is 0. The first-order valence-electron chi connectivity index (χ1n) is 8.15. The minimum absolute atomic E-state index is 0.0629. The van der Waals surface area contributed by atoms with Gasteiger partial charge in [0, 0.05) is 31.1 Å². The van der Waals surface area contributed by atoms with Gasteiger partial charge in [-0.2, -0.15) is 0 Å². The molecule has 0 fully saturated rings. The topological polar surface area (TPSA) is 69.7 Å². The van der Waals surface area contributed by atoms with Gasteiger partial charge in [-0.1, -0.05) is 12.1 Å². The van der Waals surface area contributed by atoms with Crippen LogP contribution in [-0.2, 0) is 10.0 Å². The summed E-state index contributed by atoms with van der Waals surface area (Å²) in [6.45, 7) is 2.24. The van der Waals surface area contributed by atoms with Gasteiger partial charge in [0.25, 0.3) is 5.91 Å². The second-order valence-corrected chi connectivity index (χ2v) is 9.60. The van der Waals surface area contributed by atoms with Crippen LogP contribution in [0.3, 0.4) is 0 Å². The maximum atomic E-state index is 12.7. The Hall–Kier alpha value is -1.74. The Balaban J connectivity index is 2.22. The molecule has 0 bridgehead atoms. The fourth-order valence-electron chi connectivity index (χ4n) is 2.52. The summed E-state index contributed by atoms with van der Waals surface area (Å²) < 4.78 is 25.8. The second-order valence-electron chi connectivity index (χ2n) is 6.47. The van der Waals surface area contributed by atoms with E-state index in [9.17, 15) is 13.2 Å². The number of carbonyl (C=O) groups is 1. The molecular weight excluding hydrogens is 370 g/mol. The summed E-state index contributed by atoms with van der Waals surface area (Å²) in [7, 11) is 3.29. The predicted octanol–water partition coefficient (Wildman–Crippen LogP) is 2.34. The van der Waals surface area contributed by atoms with E-state index in [-0.39, 0.29) is 16.8 Å². The molecule has 142 valence electrons. The molecule has 1 heterocycles. The maximum absolute atomic E-state index is 12.7. The van der Waals surface area contributed by atoms with E-state index in [1.807, 2.05) is 36.5 Å². The summed E-state index contributed by atoms with van der Waals surface area (Å²) in [5.74, 6) is -0.276. The van der Waals surface area contributed by atoms with Crippen LogP contribution in [0.25, 0.3) is 0 Å². The Morgan fingerprint density at radius 1 is 1.19 bits per heavy atom. The lowest BCUT2D eigenvalue weighted by Crippen LogP contribution is -2.34. The molecule has 1 atom stereocenters. The van der Waals surface area contributed by atoms with E-state index in [1.165, 1.54) is 26.2 Å². The molecule has 0 aliphatic rings. The fraction of sp³-hybridized carbons (Fsp3) is 0.389. The van der Waals surface area contributed by atoms with Crippen molar-refractivity contribution in [3.05, 3.63) is 51.7 Å². The molecule has 0 saturated heterocycles. The maximum Gasteiger partial charge on any atom is 0.251 e. The second kappa shape index (κ2) is 8.30. The standard InChI is InChI=1S/C18H25N3O3S2/c1-13-8-9-14(26(23,24)21(4)5)11-15(13)18(22)19-12-16(20(2)3)17-7-6-10-25-17/h6-11,16H,12H2,1-5H3,(H,19,22). The van der Waals surface area contributed by atoms with Crippen LogP contribution >= 0.6 is 11.3 Å². The molecular formula is C18H25N3O3S2. The average molecular weight is 396 g/mol. The van der Waals surface area contributed by atoms with Crippen LogP contribution in [0.4, 0.5) is 0 Å². The molecule has 2 aromatic rings. The number of nitrogens with one attached hydrogen (secondary N) is 1. The normalized spacial score (nSPS) is 13.2. The summed E-state index contributed by atoms with van der Waals surface area (Å²) in [5, 5.41) is 4.94. The minimum Gasteiger partial charge on any atom is -0.350 e. The lowest BCUT2D eigenvalue weighted by Gasteiger charge is -2.23. The lowest BCUT2D eigenvalue weighted by molar-refractivity contribution is 0.0941. The molecule has 26 heavy (non-hydrogen) atoms. The largest absolute Gasteiger partial charge is 0.350 e. The highest BCUT2D eigenvalue weighted by Crippen LogP contribution is 2.23. The molecule has 1 amide bonds. The summed E-state index contributed by atoms with van der Waals surface area (Å²) in [5.41, 5.74) is 1.11. The molecule has 0 spiro atoms.